The molecule has 0 heterocycles. The van der Waals surface area contributed by atoms with E-state index in [0.29, 0.717) is 22.3 Å². The van der Waals surface area contributed by atoms with E-state index in [9.17, 15) is 9.59 Å². The second kappa shape index (κ2) is 7.97. The van der Waals surface area contributed by atoms with Crippen LogP contribution in [0.15, 0.2) is 48.5 Å². The van der Waals surface area contributed by atoms with Gasteiger partial charge in [0, 0.05) is 11.1 Å². The molecule has 0 aromatic heterocycles. The van der Waals surface area contributed by atoms with Crippen molar-refractivity contribution in [2.45, 2.75) is 0 Å². The highest BCUT2D eigenvalue weighted by molar-refractivity contribution is 5.75. The largest absolute Gasteiger partial charge is 0.298 e. The van der Waals surface area contributed by atoms with Gasteiger partial charge in [0.2, 0.25) is 0 Å². The summed E-state index contributed by atoms with van der Waals surface area (Å²) in [5, 5.41) is 16.8. The summed E-state index contributed by atoms with van der Waals surface area (Å²) in [6, 6.07) is 16.9. The van der Waals surface area contributed by atoms with Crippen molar-refractivity contribution in [1.82, 2.24) is 0 Å². The molecule has 0 aliphatic rings. The van der Waals surface area contributed by atoms with E-state index >= 15 is 0 Å². The summed E-state index contributed by atoms with van der Waals surface area (Å²) >= 11 is 0. The standard InChI is InChI=1S/2C8H5NO/c9-5-7-1-3-8(6-10)4-2-7;9-5-7-2-1-3-8(4-7)6-10/h2*1-4,6H. The topological polar surface area (TPSA) is 81.7 Å². The Morgan fingerprint density at radius 2 is 1.35 bits per heavy atom. The zero-order chi connectivity index (χ0) is 14.8. The van der Waals surface area contributed by atoms with Crippen LogP contribution in [0.25, 0.3) is 0 Å². The van der Waals surface area contributed by atoms with Crippen molar-refractivity contribution in [1.29, 1.82) is 10.5 Å². The van der Waals surface area contributed by atoms with Crippen LogP contribution in [0.2, 0.25) is 0 Å². The summed E-state index contributed by atoms with van der Waals surface area (Å²) < 4.78 is 0. The average Bonchev–Trinajstić information content (AvgIpc) is 2.55. The van der Waals surface area contributed by atoms with Crippen LogP contribution in [0.4, 0.5) is 0 Å². The van der Waals surface area contributed by atoms with Crippen molar-refractivity contribution in [3.63, 3.8) is 0 Å². The molecule has 2 aromatic rings. The maximum atomic E-state index is 10.2. The van der Waals surface area contributed by atoms with Gasteiger partial charge in [0.05, 0.1) is 23.3 Å². The summed E-state index contributed by atoms with van der Waals surface area (Å²) in [6.45, 7) is 0. The molecule has 0 spiro atoms. The van der Waals surface area contributed by atoms with Crippen molar-refractivity contribution in [2.75, 3.05) is 0 Å². The molecule has 4 heteroatoms. The predicted molar refractivity (Wildman–Crippen MR) is 73.1 cm³/mol. The highest BCUT2D eigenvalue weighted by atomic mass is 16.1. The molecule has 0 bridgehead atoms. The SMILES string of the molecule is N#Cc1ccc(C=O)cc1.N#Cc1cccc(C=O)c1. The number of carbonyl (C=O) groups is 2. The molecular formula is C16H10N2O2. The molecule has 4 nitrogen and oxygen atoms in total. The van der Waals surface area contributed by atoms with Crippen LogP contribution in [0.5, 0.6) is 0 Å². The molecule has 20 heavy (non-hydrogen) atoms. The minimum absolute atomic E-state index is 0.518. The molecule has 0 aliphatic carbocycles. The van der Waals surface area contributed by atoms with E-state index < -0.39 is 0 Å². The molecule has 0 amide bonds. The van der Waals surface area contributed by atoms with Gasteiger partial charge in [-0.15, -0.1) is 0 Å². The van der Waals surface area contributed by atoms with Crippen LogP contribution < -0.4 is 0 Å². The molecule has 0 aliphatic heterocycles. The second-order valence-corrected chi connectivity index (χ2v) is 3.71. The van der Waals surface area contributed by atoms with Crippen LogP contribution in [0.3, 0.4) is 0 Å². The lowest BCUT2D eigenvalue weighted by molar-refractivity contribution is 0.111. The third kappa shape index (κ3) is 4.56. The Morgan fingerprint density at radius 3 is 1.85 bits per heavy atom. The van der Waals surface area contributed by atoms with Crippen molar-refractivity contribution in [2.24, 2.45) is 0 Å². The lowest BCUT2D eigenvalue weighted by atomic mass is 10.2. The molecule has 0 saturated carbocycles. The van der Waals surface area contributed by atoms with Gasteiger partial charge in [-0.05, 0) is 24.3 Å². The van der Waals surface area contributed by atoms with Gasteiger partial charge in [-0.3, -0.25) is 9.59 Å². The van der Waals surface area contributed by atoms with Crippen LogP contribution in [0, 0.1) is 22.7 Å². The molecule has 0 fully saturated rings. The Kier molecular flexibility index (Phi) is 5.90. The summed E-state index contributed by atoms with van der Waals surface area (Å²) in [5.41, 5.74) is 2.23. The quantitative estimate of drug-likeness (QED) is 0.779. The van der Waals surface area contributed by atoms with Gasteiger partial charge >= 0.3 is 0 Å². The van der Waals surface area contributed by atoms with Gasteiger partial charge in [0.15, 0.2) is 0 Å². The highest BCUT2D eigenvalue weighted by Crippen LogP contribution is 2.00. The fourth-order valence-electron chi connectivity index (χ4n) is 1.32. The zero-order valence-corrected chi connectivity index (χ0v) is 10.5. The van der Waals surface area contributed by atoms with Gasteiger partial charge in [0.1, 0.15) is 12.6 Å². The molecule has 0 saturated heterocycles. The normalized spacial score (nSPS) is 8.30. The minimum atomic E-state index is 0.518. The first kappa shape index (κ1) is 14.8. The first-order chi connectivity index (χ1) is 9.73. The summed E-state index contributed by atoms with van der Waals surface area (Å²) in [7, 11) is 0. The van der Waals surface area contributed by atoms with Crippen molar-refractivity contribution in [3.05, 3.63) is 70.8 Å². The third-order valence-corrected chi connectivity index (χ3v) is 2.33. The Morgan fingerprint density at radius 1 is 0.750 bits per heavy atom. The van der Waals surface area contributed by atoms with Gasteiger partial charge < -0.3 is 0 Å². The summed E-state index contributed by atoms with van der Waals surface area (Å²) in [6.07, 6.45) is 1.47. The van der Waals surface area contributed by atoms with E-state index in [2.05, 4.69) is 0 Å². The number of nitrogens with zero attached hydrogens (tertiary/aromatic N) is 2. The minimum Gasteiger partial charge on any atom is -0.298 e. The predicted octanol–water partition coefficient (Wildman–Crippen LogP) is 2.74. The molecule has 96 valence electrons. The monoisotopic (exact) mass is 262 g/mol. The van der Waals surface area contributed by atoms with Crippen molar-refractivity contribution in [3.8, 4) is 12.1 Å². The zero-order valence-electron chi connectivity index (χ0n) is 10.5. The van der Waals surface area contributed by atoms with Gasteiger partial charge in [0.25, 0.3) is 0 Å². The molecule has 0 unspecified atom stereocenters. The number of carbonyl (C=O) groups excluding carboxylic acids is 2. The summed E-state index contributed by atoms with van der Waals surface area (Å²) in [5.74, 6) is 0. The fraction of sp³-hybridized carbons (Fsp3) is 0. The van der Waals surface area contributed by atoms with Crippen LogP contribution in [0.1, 0.15) is 31.8 Å². The maximum absolute atomic E-state index is 10.2. The molecule has 2 aromatic carbocycles. The molecule has 0 N–H and O–H groups in total. The van der Waals surface area contributed by atoms with Crippen LogP contribution in [-0.4, -0.2) is 12.6 Å². The number of aldehydes is 2. The molecular weight excluding hydrogens is 252 g/mol. The van der Waals surface area contributed by atoms with Gasteiger partial charge in [-0.25, -0.2) is 0 Å². The average molecular weight is 262 g/mol. The Balaban J connectivity index is 0.000000200. The number of rotatable bonds is 2. The number of nitriles is 2. The van der Waals surface area contributed by atoms with Crippen LogP contribution >= 0.6 is 0 Å². The Labute approximate surface area is 116 Å². The fourth-order valence-corrected chi connectivity index (χ4v) is 1.32. The molecule has 0 atom stereocenters. The summed E-state index contributed by atoms with van der Waals surface area (Å²) in [4.78, 5) is 20.3. The van der Waals surface area contributed by atoms with E-state index in [0.717, 1.165) is 12.6 Å². The molecule has 2 rings (SSSR count). The van der Waals surface area contributed by atoms with E-state index in [1.54, 1.807) is 48.5 Å². The van der Waals surface area contributed by atoms with E-state index in [1.807, 2.05) is 12.1 Å². The number of benzene rings is 2. The van der Waals surface area contributed by atoms with Crippen LogP contribution in [-0.2, 0) is 0 Å². The Bertz CT molecular complexity index is 677. The first-order valence-corrected chi connectivity index (χ1v) is 5.64. The van der Waals surface area contributed by atoms with E-state index in [-0.39, 0.29) is 0 Å². The van der Waals surface area contributed by atoms with Crippen molar-refractivity contribution >= 4 is 12.6 Å². The number of hydrogen-bond acceptors (Lipinski definition) is 4. The maximum Gasteiger partial charge on any atom is 0.150 e. The number of hydrogen-bond donors (Lipinski definition) is 0. The van der Waals surface area contributed by atoms with E-state index in [1.165, 1.54) is 0 Å². The molecule has 0 radical (unpaired) electrons. The first-order valence-electron chi connectivity index (χ1n) is 5.64. The van der Waals surface area contributed by atoms with Gasteiger partial charge in [-0.2, -0.15) is 10.5 Å². The smallest absolute Gasteiger partial charge is 0.150 e. The lowest BCUT2D eigenvalue weighted by Crippen LogP contribution is -1.79. The van der Waals surface area contributed by atoms with Gasteiger partial charge in [-0.1, -0.05) is 24.3 Å². The second-order valence-electron chi connectivity index (χ2n) is 3.71. The highest BCUT2D eigenvalue weighted by Gasteiger charge is 1.90. The van der Waals surface area contributed by atoms with Crippen molar-refractivity contribution < 1.29 is 9.59 Å². The third-order valence-electron chi connectivity index (χ3n) is 2.33. The Hall–Kier alpha value is -3.24. The lowest BCUT2D eigenvalue weighted by Gasteiger charge is -1.87. The van der Waals surface area contributed by atoms with E-state index in [4.69, 9.17) is 10.5 Å².